The number of carbonyl (C=O) groups excluding carboxylic acids is 1. The summed E-state index contributed by atoms with van der Waals surface area (Å²) in [5.74, 6) is -0.425. The zero-order chi connectivity index (χ0) is 22.1. The molecular formula is C19H20F3N5O3. The molecule has 2 aromatic heterocycles. The fourth-order valence-electron chi connectivity index (χ4n) is 2.77. The summed E-state index contributed by atoms with van der Waals surface area (Å²) in [6, 6.07) is 6.48. The molecule has 0 bridgehead atoms. The molecule has 0 saturated carbocycles. The lowest BCUT2D eigenvalue weighted by Gasteiger charge is -2.11. The summed E-state index contributed by atoms with van der Waals surface area (Å²) in [6.45, 7) is 0.508. The Morgan fingerprint density at radius 2 is 2.03 bits per heavy atom. The van der Waals surface area contributed by atoms with Crippen molar-refractivity contribution >= 4 is 22.8 Å². The van der Waals surface area contributed by atoms with E-state index in [-0.39, 0.29) is 34.3 Å². The fourth-order valence-corrected chi connectivity index (χ4v) is 2.77. The SMILES string of the molecule is CNC(N)=NC(=O)c1cc2c(C(F)(F)F)cc(Oc3ccc(CN(C)C)o3)cc2[nH]1. The number of alkyl halides is 3. The van der Waals surface area contributed by atoms with Crippen molar-refractivity contribution in [3.05, 3.63) is 47.3 Å². The summed E-state index contributed by atoms with van der Waals surface area (Å²) < 4.78 is 51.8. The molecule has 1 aromatic carbocycles. The number of halogens is 3. The van der Waals surface area contributed by atoms with Gasteiger partial charge in [0.05, 0.1) is 17.6 Å². The van der Waals surface area contributed by atoms with Gasteiger partial charge in [0.15, 0.2) is 5.96 Å². The largest absolute Gasteiger partial charge is 0.429 e. The Hall–Kier alpha value is -3.47. The number of benzene rings is 1. The van der Waals surface area contributed by atoms with Crippen molar-refractivity contribution in [1.29, 1.82) is 0 Å². The first-order valence-corrected chi connectivity index (χ1v) is 8.78. The Labute approximate surface area is 169 Å². The quantitative estimate of drug-likeness (QED) is 0.429. The maximum atomic E-state index is 13.6. The normalized spacial score (nSPS) is 12.6. The maximum absolute atomic E-state index is 13.6. The Morgan fingerprint density at radius 3 is 2.67 bits per heavy atom. The highest BCUT2D eigenvalue weighted by Gasteiger charge is 2.34. The second-order valence-corrected chi connectivity index (χ2v) is 6.73. The molecule has 11 heteroatoms. The molecule has 0 unspecified atom stereocenters. The second kappa shape index (κ2) is 8.11. The number of fused-ring (bicyclic) bond motifs is 1. The van der Waals surface area contributed by atoms with Gasteiger partial charge >= 0.3 is 6.18 Å². The van der Waals surface area contributed by atoms with Crippen molar-refractivity contribution in [3.63, 3.8) is 0 Å². The molecule has 1 amide bonds. The number of guanidine groups is 1. The van der Waals surface area contributed by atoms with Crippen LogP contribution < -0.4 is 15.8 Å². The first-order valence-electron chi connectivity index (χ1n) is 8.78. The lowest BCUT2D eigenvalue weighted by atomic mass is 10.1. The zero-order valence-corrected chi connectivity index (χ0v) is 16.4. The number of aliphatic imine (C=N–C) groups is 1. The van der Waals surface area contributed by atoms with Crippen molar-refractivity contribution in [1.82, 2.24) is 15.2 Å². The molecule has 160 valence electrons. The number of aromatic amines is 1. The van der Waals surface area contributed by atoms with Crippen LogP contribution in [0.4, 0.5) is 13.2 Å². The predicted octanol–water partition coefficient (Wildman–Crippen LogP) is 3.31. The van der Waals surface area contributed by atoms with E-state index >= 15 is 0 Å². The summed E-state index contributed by atoms with van der Waals surface area (Å²) in [5, 5.41) is 2.27. The number of nitrogens with two attached hydrogens (primary N) is 1. The molecule has 0 saturated heterocycles. The number of amides is 1. The van der Waals surface area contributed by atoms with E-state index in [1.165, 1.54) is 19.2 Å². The minimum Gasteiger partial charge on any atom is -0.429 e. The standard InChI is InChI=1S/C19H20F3N5O3/c1-24-18(23)26-17(28)15-8-12-13(19(20,21)22)6-11(7-14(12)25-15)30-16-5-4-10(29-16)9-27(2)3/h4-8,25H,9H2,1-3H3,(H3,23,24,26,28). The molecule has 3 aromatic rings. The molecule has 8 nitrogen and oxygen atoms in total. The van der Waals surface area contributed by atoms with Gasteiger partial charge in [-0.3, -0.25) is 4.79 Å². The van der Waals surface area contributed by atoms with Gasteiger partial charge in [-0.1, -0.05) is 0 Å². The van der Waals surface area contributed by atoms with E-state index in [1.807, 2.05) is 19.0 Å². The molecule has 0 spiro atoms. The lowest BCUT2D eigenvalue weighted by Crippen LogP contribution is -2.28. The summed E-state index contributed by atoms with van der Waals surface area (Å²) >= 11 is 0. The fraction of sp³-hybridized carbons (Fsp3) is 0.263. The maximum Gasteiger partial charge on any atom is 0.417 e. The van der Waals surface area contributed by atoms with Crippen molar-refractivity contribution in [2.75, 3.05) is 21.1 Å². The van der Waals surface area contributed by atoms with Crippen LogP contribution in [0, 0.1) is 0 Å². The van der Waals surface area contributed by atoms with E-state index in [9.17, 15) is 18.0 Å². The van der Waals surface area contributed by atoms with Crippen molar-refractivity contribution < 1.29 is 27.1 Å². The number of nitrogens with one attached hydrogen (secondary N) is 2. The number of H-pyrrole nitrogens is 1. The van der Waals surface area contributed by atoms with Gasteiger partial charge in [0.25, 0.3) is 11.9 Å². The molecule has 0 fully saturated rings. The van der Waals surface area contributed by atoms with Crippen LogP contribution in [0.25, 0.3) is 10.9 Å². The van der Waals surface area contributed by atoms with Gasteiger partial charge < -0.3 is 30.1 Å². The Morgan fingerprint density at radius 1 is 1.30 bits per heavy atom. The number of aromatic nitrogens is 1. The van der Waals surface area contributed by atoms with E-state index in [0.29, 0.717) is 12.3 Å². The van der Waals surface area contributed by atoms with Crippen LogP contribution in [0.3, 0.4) is 0 Å². The highest BCUT2D eigenvalue weighted by molar-refractivity contribution is 6.04. The van der Waals surface area contributed by atoms with Gasteiger partial charge in [-0.25, -0.2) is 0 Å². The smallest absolute Gasteiger partial charge is 0.417 e. The molecule has 2 heterocycles. The Kier molecular flexibility index (Phi) is 5.74. The third kappa shape index (κ3) is 4.74. The highest BCUT2D eigenvalue weighted by atomic mass is 19.4. The molecule has 30 heavy (non-hydrogen) atoms. The first kappa shape index (κ1) is 21.2. The average molecular weight is 423 g/mol. The van der Waals surface area contributed by atoms with Gasteiger partial charge in [0.2, 0.25) is 0 Å². The molecule has 0 aliphatic carbocycles. The Bertz CT molecular complexity index is 1100. The number of carbonyl (C=O) groups is 1. The zero-order valence-electron chi connectivity index (χ0n) is 16.4. The topological polar surface area (TPSA) is 109 Å². The van der Waals surface area contributed by atoms with Gasteiger partial charge in [-0.15, -0.1) is 0 Å². The predicted molar refractivity (Wildman–Crippen MR) is 104 cm³/mol. The van der Waals surface area contributed by atoms with E-state index in [1.54, 1.807) is 6.07 Å². The Balaban J connectivity index is 2.00. The molecule has 0 aliphatic rings. The van der Waals surface area contributed by atoms with Crippen LogP contribution in [0.5, 0.6) is 11.7 Å². The number of nitrogens with zero attached hydrogens (tertiary/aromatic N) is 2. The van der Waals surface area contributed by atoms with E-state index in [4.69, 9.17) is 14.9 Å². The van der Waals surface area contributed by atoms with Crippen molar-refractivity contribution in [3.8, 4) is 11.7 Å². The summed E-state index contributed by atoms with van der Waals surface area (Å²) in [4.78, 5) is 20.2. The van der Waals surface area contributed by atoms with Crippen LogP contribution in [0.2, 0.25) is 0 Å². The van der Waals surface area contributed by atoms with Crippen molar-refractivity contribution in [2.45, 2.75) is 12.7 Å². The van der Waals surface area contributed by atoms with Crippen molar-refractivity contribution in [2.24, 2.45) is 10.7 Å². The molecule has 0 aliphatic heterocycles. The average Bonchev–Trinajstić information content (AvgIpc) is 3.26. The molecule has 0 radical (unpaired) electrons. The highest BCUT2D eigenvalue weighted by Crippen LogP contribution is 2.39. The number of ether oxygens (including phenoxy) is 1. The summed E-state index contributed by atoms with van der Waals surface area (Å²) in [5.41, 5.74) is 4.39. The van der Waals surface area contributed by atoms with Gasteiger partial charge in [-0.2, -0.15) is 18.2 Å². The van der Waals surface area contributed by atoms with E-state index in [0.717, 1.165) is 12.1 Å². The minimum atomic E-state index is -4.67. The van der Waals surface area contributed by atoms with E-state index in [2.05, 4.69) is 15.3 Å². The third-order valence-electron chi connectivity index (χ3n) is 4.05. The number of furan rings is 1. The number of rotatable bonds is 5. The number of hydrogen-bond donors (Lipinski definition) is 3. The molecular weight excluding hydrogens is 403 g/mol. The van der Waals surface area contributed by atoms with Crippen LogP contribution in [-0.4, -0.2) is 42.9 Å². The van der Waals surface area contributed by atoms with Gasteiger partial charge in [-0.05, 0) is 32.3 Å². The van der Waals surface area contributed by atoms with Crippen LogP contribution >= 0.6 is 0 Å². The van der Waals surface area contributed by atoms with Crippen LogP contribution in [0.1, 0.15) is 21.8 Å². The first-order chi connectivity index (χ1) is 14.1. The molecule has 0 atom stereocenters. The minimum absolute atomic E-state index is 0.0496. The molecule has 3 rings (SSSR count). The second-order valence-electron chi connectivity index (χ2n) is 6.73. The van der Waals surface area contributed by atoms with Crippen LogP contribution in [0.15, 0.2) is 39.7 Å². The number of hydrogen-bond acceptors (Lipinski definition) is 4. The summed E-state index contributed by atoms with van der Waals surface area (Å²) in [6.07, 6.45) is -4.67. The van der Waals surface area contributed by atoms with Crippen LogP contribution in [-0.2, 0) is 12.7 Å². The van der Waals surface area contributed by atoms with E-state index < -0.39 is 17.6 Å². The monoisotopic (exact) mass is 423 g/mol. The van der Waals surface area contributed by atoms with Gasteiger partial charge in [0, 0.05) is 24.6 Å². The van der Waals surface area contributed by atoms with Gasteiger partial charge in [0.1, 0.15) is 17.2 Å². The lowest BCUT2D eigenvalue weighted by molar-refractivity contribution is -0.136. The molecule has 4 N–H and O–H groups in total. The third-order valence-corrected chi connectivity index (χ3v) is 4.05. The summed E-state index contributed by atoms with van der Waals surface area (Å²) in [7, 11) is 5.16.